The van der Waals surface area contributed by atoms with Crippen molar-refractivity contribution < 1.29 is 28.6 Å². The molecule has 76 heavy (non-hydrogen) atoms. The molecular formula is C70H126O6. The van der Waals surface area contributed by atoms with Gasteiger partial charge in [0.2, 0.25) is 0 Å². The lowest BCUT2D eigenvalue weighted by Gasteiger charge is -2.18. The van der Waals surface area contributed by atoms with Gasteiger partial charge in [-0.05, 0) is 89.9 Å². The monoisotopic (exact) mass is 1060 g/mol. The summed E-state index contributed by atoms with van der Waals surface area (Å²) in [6, 6.07) is 0. The predicted molar refractivity (Wildman–Crippen MR) is 330 cm³/mol. The van der Waals surface area contributed by atoms with Crippen LogP contribution in [0.1, 0.15) is 348 Å². The van der Waals surface area contributed by atoms with Gasteiger partial charge in [-0.1, -0.05) is 300 Å². The zero-order valence-corrected chi connectivity index (χ0v) is 50.8. The summed E-state index contributed by atoms with van der Waals surface area (Å²) in [5, 5.41) is 0. The summed E-state index contributed by atoms with van der Waals surface area (Å²) < 4.78 is 17.0. The molecule has 0 heterocycles. The quantitative estimate of drug-likeness (QED) is 0.0261. The van der Waals surface area contributed by atoms with E-state index in [1.165, 1.54) is 225 Å². The average Bonchev–Trinajstić information content (AvgIpc) is 3.42. The van der Waals surface area contributed by atoms with Crippen molar-refractivity contribution in [1.29, 1.82) is 0 Å². The molecule has 0 aromatic heterocycles. The van der Waals surface area contributed by atoms with Crippen LogP contribution in [0.25, 0.3) is 0 Å². The molecule has 0 aliphatic heterocycles. The Morgan fingerprint density at radius 1 is 0.263 bits per heavy atom. The van der Waals surface area contributed by atoms with Gasteiger partial charge in [-0.2, -0.15) is 0 Å². The smallest absolute Gasteiger partial charge is 0.306 e. The molecule has 1 unspecified atom stereocenters. The second-order valence-corrected chi connectivity index (χ2v) is 22.4. The summed E-state index contributed by atoms with van der Waals surface area (Å²) >= 11 is 0. The normalized spacial score (nSPS) is 12.4. The van der Waals surface area contributed by atoms with Crippen molar-refractivity contribution in [3.8, 4) is 0 Å². The van der Waals surface area contributed by atoms with Gasteiger partial charge >= 0.3 is 17.9 Å². The highest BCUT2D eigenvalue weighted by atomic mass is 16.6. The van der Waals surface area contributed by atoms with Gasteiger partial charge in [0, 0.05) is 19.3 Å². The van der Waals surface area contributed by atoms with Crippen LogP contribution in [0, 0.1) is 0 Å². The van der Waals surface area contributed by atoms with E-state index in [2.05, 4.69) is 81.5 Å². The van der Waals surface area contributed by atoms with Gasteiger partial charge in [0.25, 0.3) is 0 Å². The van der Waals surface area contributed by atoms with Crippen LogP contribution in [0.2, 0.25) is 0 Å². The van der Waals surface area contributed by atoms with Crippen LogP contribution < -0.4 is 0 Å². The minimum absolute atomic E-state index is 0.0769. The summed E-state index contributed by atoms with van der Waals surface area (Å²) in [6.07, 6.45) is 82.2. The Balaban J connectivity index is 4.38. The molecule has 0 aliphatic rings. The summed E-state index contributed by atoms with van der Waals surface area (Å²) in [5.41, 5.74) is 0. The van der Waals surface area contributed by atoms with Gasteiger partial charge < -0.3 is 14.2 Å². The zero-order valence-electron chi connectivity index (χ0n) is 50.8. The van der Waals surface area contributed by atoms with Gasteiger partial charge in [-0.25, -0.2) is 0 Å². The maximum absolute atomic E-state index is 12.9. The number of hydrogen-bond donors (Lipinski definition) is 0. The van der Waals surface area contributed by atoms with Crippen LogP contribution in [0.5, 0.6) is 0 Å². The molecule has 0 aromatic carbocycles. The Kier molecular flexibility index (Phi) is 62.2. The molecule has 0 amide bonds. The highest BCUT2D eigenvalue weighted by molar-refractivity contribution is 5.71. The fraction of sp³-hybridized carbons (Fsp3) is 0.814. The molecule has 0 spiro atoms. The van der Waals surface area contributed by atoms with E-state index in [4.69, 9.17) is 14.2 Å². The summed E-state index contributed by atoms with van der Waals surface area (Å²) in [4.78, 5) is 38.4. The number of hydrogen-bond acceptors (Lipinski definition) is 6. The van der Waals surface area contributed by atoms with Gasteiger partial charge in [-0.3, -0.25) is 14.4 Å². The fourth-order valence-electron chi connectivity index (χ4n) is 9.72. The van der Waals surface area contributed by atoms with E-state index in [-0.39, 0.29) is 31.1 Å². The van der Waals surface area contributed by atoms with E-state index >= 15 is 0 Å². The minimum Gasteiger partial charge on any atom is -0.462 e. The maximum atomic E-state index is 12.9. The first kappa shape index (κ1) is 73.1. The van der Waals surface area contributed by atoms with Crippen molar-refractivity contribution in [2.45, 2.75) is 354 Å². The molecule has 6 heteroatoms. The van der Waals surface area contributed by atoms with Crippen molar-refractivity contribution in [2.75, 3.05) is 13.2 Å². The third-order valence-electron chi connectivity index (χ3n) is 14.7. The molecule has 0 aromatic rings. The topological polar surface area (TPSA) is 78.9 Å². The van der Waals surface area contributed by atoms with E-state index in [1.54, 1.807) is 0 Å². The Hall–Kier alpha value is -2.89. The van der Waals surface area contributed by atoms with E-state index in [9.17, 15) is 14.4 Å². The van der Waals surface area contributed by atoms with Crippen LogP contribution in [0.3, 0.4) is 0 Å². The van der Waals surface area contributed by atoms with E-state index in [0.29, 0.717) is 19.3 Å². The number of esters is 3. The number of unbranched alkanes of at least 4 members (excludes halogenated alkanes) is 40. The second kappa shape index (κ2) is 64.6. The molecule has 0 bridgehead atoms. The van der Waals surface area contributed by atoms with Gasteiger partial charge in [0.15, 0.2) is 6.10 Å². The van der Waals surface area contributed by atoms with Crippen molar-refractivity contribution in [3.05, 3.63) is 60.8 Å². The standard InChI is InChI=1S/C70H126O6/c1-4-7-10-13-16-19-22-25-28-31-33-35-37-39-42-45-48-51-54-57-60-63-69(72)75-66-67(65-74-68(71)62-59-56-53-50-47-44-41-30-27-24-21-18-15-12-9-6-3)76-70(73)64-61-58-55-52-49-46-43-40-38-36-34-32-29-26-23-20-17-14-11-8-5-2/h22-23,25-26,31-34,37,39,67H,4-21,24,27-30,35-36,38,40-66H2,1-3H3/b25-22-,26-23-,33-31-,34-32-,39-37-. The first-order valence-corrected chi connectivity index (χ1v) is 33.3. The van der Waals surface area contributed by atoms with Gasteiger partial charge in [-0.15, -0.1) is 0 Å². The summed E-state index contributed by atoms with van der Waals surface area (Å²) in [5.74, 6) is -0.873. The maximum Gasteiger partial charge on any atom is 0.306 e. The largest absolute Gasteiger partial charge is 0.462 e. The van der Waals surface area contributed by atoms with Crippen LogP contribution in [-0.4, -0.2) is 37.2 Å². The lowest BCUT2D eigenvalue weighted by atomic mass is 10.0. The van der Waals surface area contributed by atoms with Crippen molar-refractivity contribution >= 4 is 17.9 Å². The van der Waals surface area contributed by atoms with Crippen LogP contribution in [-0.2, 0) is 28.6 Å². The van der Waals surface area contributed by atoms with E-state index in [1.807, 2.05) is 0 Å². The molecule has 442 valence electrons. The molecule has 6 nitrogen and oxygen atoms in total. The summed E-state index contributed by atoms with van der Waals surface area (Å²) in [7, 11) is 0. The third kappa shape index (κ3) is 62.0. The van der Waals surface area contributed by atoms with Crippen LogP contribution >= 0.6 is 0 Å². The first-order chi connectivity index (χ1) is 37.5. The fourth-order valence-corrected chi connectivity index (χ4v) is 9.72. The molecule has 0 radical (unpaired) electrons. The van der Waals surface area contributed by atoms with Gasteiger partial charge in [0.1, 0.15) is 13.2 Å². The molecule has 1 atom stereocenters. The van der Waals surface area contributed by atoms with Crippen molar-refractivity contribution in [3.63, 3.8) is 0 Å². The summed E-state index contributed by atoms with van der Waals surface area (Å²) in [6.45, 7) is 6.66. The molecular weight excluding hydrogens is 937 g/mol. The Bertz CT molecular complexity index is 1360. The highest BCUT2D eigenvalue weighted by Gasteiger charge is 2.19. The Labute approximate surface area is 472 Å². The van der Waals surface area contributed by atoms with Crippen molar-refractivity contribution in [2.24, 2.45) is 0 Å². The molecule has 0 N–H and O–H groups in total. The van der Waals surface area contributed by atoms with Gasteiger partial charge in [0.05, 0.1) is 0 Å². The van der Waals surface area contributed by atoms with E-state index in [0.717, 1.165) is 83.5 Å². The first-order valence-electron chi connectivity index (χ1n) is 33.3. The van der Waals surface area contributed by atoms with Crippen LogP contribution in [0.4, 0.5) is 0 Å². The minimum atomic E-state index is -0.782. The number of carbonyl (C=O) groups is 3. The third-order valence-corrected chi connectivity index (χ3v) is 14.7. The molecule has 0 rings (SSSR count). The number of ether oxygens (including phenoxy) is 3. The predicted octanol–water partition coefficient (Wildman–Crippen LogP) is 22.7. The molecule has 0 fully saturated rings. The van der Waals surface area contributed by atoms with Crippen molar-refractivity contribution in [1.82, 2.24) is 0 Å². The zero-order chi connectivity index (χ0) is 55.0. The lowest BCUT2D eigenvalue weighted by Crippen LogP contribution is -2.30. The number of carbonyl (C=O) groups excluding carboxylic acids is 3. The van der Waals surface area contributed by atoms with Crippen LogP contribution in [0.15, 0.2) is 60.8 Å². The second-order valence-electron chi connectivity index (χ2n) is 22.4. The molecule has 0 saturated heterocycles. The number of rotatable bonds is 61. The lowest BCUT2D eigenvalue weighted by molar-refractivity contribution is -0.167. The van der Waals surface area contributed by atoms with E-state index < -0.39 is 6.10 Å². The SMILES string of the molecule is CCCCCCC/C=C\C/C=C\C/C=C\CCCCCCCCC(=O)OCC(COC(=O)CCCCCCCCCCCCCCCCCC)OC(=O)CCCCCCCCCCC/C=C\C/C=C\CCCCCCC. The Morgan fingerprint density at radius 2 is 0.474 bits per heavy atom. The highest BCUT2D eigenvalue weighted by Crippen LogP contribution is 2.17. The molecule has 0 saturated carbocycles. The Morgan fingerprint density at radius 3 is 0.737 bits per heavy atom. The number of allylic oxidation sites excluding steroid dienone is 10. The molecule has 0 aliphatic carbocycles. The average molecular weight is 1060 g/mol.